The first-order chi connectivity index (χ1) is 11.6. The second kappa shape index (κ2) is 6.82. The van der Waals surface area contributed by atoms with Crippen molar-refractivity contribution >= 4 is 11.8 Å². The van der Waals surface area contributed by atoms with E-state index < -0.39 is 6.04 Å². The number of amides is 2. The summed E-state index contributed by atoms with van der Waals surface area (Å²) in [5.41, 5.74) is 1.79. The molecule has 0 bridgehead atoms. The van der Waals surface area contributed by atoms with E-state index >= 15 is 0 Å². The summed E-state index contributed by atoms with van der Waals surface area (Å²) in [6.45, 7) is 5.71. The number of hydrogen-bond acceptors (Lipinski definition) is 4. The fourth-order valence-electron chi connectivity index (χ4n) is 2.98. The van der Waals surface area contributed by atoms with Crippen molar-refractivity contribution in [3.05, 3.63) is 36.8 Å². The Hall–Kier alpha value is -2.70. The molecule has 0 saturated carbocycles. The SMILES string of the molecule is CC(=O)N1CCN(C(=O)C(C)n2nccc2-c2cccnc2)CC1. The van der Waals surface area contributed by atoms with Crippen molar-refractivity contribution < 1.29 is 9.59 Å². The molecular weight excluding hydrogens is 306 g/mol. The van der Waals surface area contributed by atoms with Crippen LogP contribution in [-0.4, -0.2) is 62.6 Å². The van der Waals surface area contributed by atoms with Gasteiger partial charge >= 0.3 is 0 Å². The van der Waals surface area contributed by atoms with E-state index in [0.29, 0.717) is 26.2 Å². The Morgan fingerprint density at radius 1 is 1.08 bits per heavy atom. The molecule has 2 amide bonds. The third-order valence-electron chi connectivity index (χ3n) is 4.39. The number of pyridine rings is 1. The lowest BCUT2D eigenvalue weighted by molar-refractivity contribution is -0.140. The number of rotatable bonds is 3. The van der Waals surface area contributed by atoms with Crippen molar-refractivity contribution in [2.75, 3.05) is 26.2 Å². The zero-order valence-electron chi connectivity index (χ0n) is 13.9. The van der Waals surface area contributed by atoms with E-state index in [0.717, 1.165) is 11.3 Å². The molecule has 2 aromatic rings. The second-order valence-corrected chi connectivity index (χ2v) is 5.91. The van der Waals surface area contributed by atoms with Crippen molar-refractivity contribution in [3.8, 4) is 11.3 Å². The molecule has 0 aliphatic carbocycles. The Morgan fingerprint density at radius 3 is 2.42 bits per heavy atom. The summed E-state index contributed by atoms with van der Waals surface area (Å²) in [7, 11) is 0. The number of carbonyl (C=O) groups is 2. The van der Waals surface area contributed by atoms with Gasteiger partial charge in [0.15, 0.2) is 0 Å². The first-order valence-electron chi connectivity index (χ1n) is 8.06. The van der Waals surface area contributed by atoms with Crippen molar-refractivity contribution in [2.45, 2.75) is 19.9 Å². The van der Waals surface area contributed by atoms with Crippen LogP contribution in [0.25, 0.3) is 11.3 Å². The van der Waals surface area contributed by atoms with Crippen LogP contribution in [0.4, 0.5) is 0 Å². The van der Waals surface area contributed by atoms with Gasteiger partial charge in [-0.25, -0.2) is 0 Å². The monoisotopic (exact) mass is 327 g/mol. The van der Waals surface area contributed by atoms with Gasteiger partial charge in [0.2, 0.25) is 11.8 Å². The highest BCUT2D eigenvalue weighted by atomic mass is 16.2. The molecule has 0 spiro atoms. The zero-order chi connectivity index (χ0) is 17.1. The highest BCUT2D eigenvalue weighted by Gasteiger charge is 2.28. The number of hydrogen-bond donors (Lipinski definition) is 0. The van der Waals surface area contributed by atoms with Gasteiger partial charge in [-0.15, -0.1) is 0 Å². The van der Waals surface area contributed by atoms with Gasteiger partial charge in [0, 0.05) is 57.3 Å². The van der Waals surface area contributed by atoms with Crippen LogP contribution >= 0.6 is 0 Å². The van der Waals surface area contributed by atoms with Gasteiger partial charge in [0.05, 0.1) is 5.69 Å². The van der Waals surface area contributed by atoms with E-state index in [1.165, 1.54) is 0 Å². The lowest BCUT2D eigenvalue weighted by Crippen LogP contribution is -2.51. The first kappa shape index (κ1) is 16.2. The van der Waals surface area contributed by atoms with Gasteiger partial charge in [-0.1, -0.05) is 0 Å². The molecule has 1 aliphatic heterocycles. The number of aromatic nitrogens is 3. The maximum absolute atomic E-state index is 12.8. The predicted octanol–water partition coefficient (Wildman–Crippen LogP) is 1.20. The fraction of sp³-hybridized carbons (Fsp3) is 0.412. The maximum Gasteiger partial charge on any atom is 0.247 e. The fourth-order valence-corrected chi connectivity index (χ4v) is 2.98. The summed E-state index contributed by atoms with van der Waals surface area (Å²) in [5.74, 6) is 0.0770. The Balaban J connectivity index is 1.74. The molecule has 24 heavy (non-hydrogen) atoms. The van der Waals surface area contributed by atoms with Gasteiger partial charge in [0.1, 0.15) is 6.04 Å². The molecule has 1 fully saturated rings. The van der Waals surface area contributed by atoms with Gasteiger partial charge < -0.3 is 9.80 Å². The molecular formula is C17H21N5O2. The molecule has 126 valence electrons. The topological polar surface area (TPSA) is 71.3 Å². The van der Waals surface area contributed by atoms with E-state index in [2.05, 4.69) is 10.1 Å². The zero-order valence-corrected chi connectivity index (χ0v) is 13.9. The Morgan fingerprint density at radius 2 is 1.79 bits per heavy atom. The molecule has 2 aromatic heterocycles. The van der Waals surface area contributed by atoms with Gasteiger partial charge in [-0.3, -0.25) is 19.3 Å². The lowest BCUT2D eigenvalue weighted by atomic mass is 10.2. The van der Waals surface area contributed by atoms with Crippen LogP contribution in [0.1, 0.15) is 19.9 Å². The minimum Gasteiger partial charge on any atom is -0.339 e. The summed E-state index contributed by atoms with van der Waals surface area (Å²) < 4.78 is 1.73. The van der Waals surface area contributed by atoms with Crippen LogP contribution in [0.5, 0.6) is 0 Å². The normalized spacial score (nSPS) is 16.1. The summed E-state index contributed by atoms with van der Waals surface area (Å²) >= 11 is 0. The average molecular weight is 327 g/mol. The third-order valence-corrected chi connectivity index (χ3v) is 4.39. The van der Waals surface area contributed by atoms with Crippen molar-refractivity contribution in [1.82, 2.24) is 24.6 Å². The smallest absolute Gasteiger partial charge is 0.247 e. The predicted molar refractivity (Wildman–Crippen MR) is 89.0 cm³/mol. The van der Waals surface area contributed by atoms with Gasteiger partial charge in [0.25, 0.3) is 0 Å². The van der Waals surface area contributed by atoms with Crippen LogP contribution in [0.3, 0.4) is 0 Å². The summed E-state index contributed by atoms with van der Waals surface area (Å²) in [6.07, 6.45) is 5.17. The summed E-state index contributed by atoms with van der Waals surface area (Å²) in [5, 5.41) is 4.33. The minimum absolute atomic E-state index is 0.0204. The van der Waals surface area contributed by atoms with Crippen molar-refractivity contribution in [2.24, 2.45) is 0 Å². The van der Waals surface area contributed by atoms with Crippen LogP contribution in [-0.2, 0) is 9.59 Å². The molecule has 7 nitrogen and oxygen atoms in total. The van der Waals surface area contributed by atoms with E-state index in [9.17, 15) is 9.59 Å². The highest BCUT2D eigenvalue weighted by Crippen LogP contribution is 2.22. The Kier molecular flexibility index (Phi) is 4.59. The molecule has 1 saturated heterocycles. The molecule has 3 heterocycles. The molecule has 0 radical (unpaired) electrons. The molecule has 7 heteroatoms. The number of nitrogens with zero attached hydrogens (tertiary/aromatic N) is 5. The van der Waals surface area contributed by atoms with E-state index in [1.54, 1.807) is 40.0 Å². The van der Waals surface area contributed by atoms with E-state index in [4.69, 9.17) is 0 Å². The standard InChI is InChI=1S/C17H21N5O2/c1-13(17(24)21-10-8-20(9-11-21)14(2)23)22-16(5-7-19-22)15-4-3-6-18-12-15/h3-7,12-13H,8-11H2,1-2H3. The highest BCUT2D eigenvalue weighted by molar-refractivity contribution is 5.81. The van der Waals surface area contributed by atoms with Crippen molar-refractivity contribution in [1.29, 1.82) is 0 Å². The molecule has 1 aliphatic rings. The maximum atomic E-state index is 12.8. The third kappa shape index (κ3) is 3.15. The van der Waals surface area contributed by atoms with Crippen LogP contribution in [0.2, 0.25) is 0 Å². The lowest BCUT2D eigenvalue weighted by Gasteiger charge is -2.35. The molecule has 1 atom stereocenters. The molecule has 1 unspecified atom stereocenters. The van der Waals surface area contributed by atoms with E-state index in [-0.39, 0.29) is 11.8 Å². The van der Waals surface area contributed by atoms with Crippen LogP contribution in [0.15, 0.2) is 36.8 Å². The minimum atomic E-state index is -0.404. The summed E-state index contributed by atoms with van der Waals surface area (Å²) in [4.78, 5) is 31.9. The molecule has 3 rings (SSSR count). The molecule has 0 N–H and O–H groups in total. The second-order valence-electron chi connectivity index (χ2n) is 5.91. The van der Waals surface area contributed by atoms with Crippen LogP contribution in [0, 0.1) is 0 Å². The van der Waals surface area contributed by atoms with E-state index in [1.807, 2.05) is 25.1 Å². The molecule has 0 aromatic carbocycles. The quantitative estimate of drug-likeness (QED) is 0.849. The first-order valence-corrected chi connectivity index (χ1v) is 8.06. The number of carbonyl (C=O) groups excluding carboxylic acids is 2. The largest absolute Gasteiger partial charge is 0.339 e. The van der Waals surface area contributed by atoms with Crippen molar-refractivity contribution in [3.63, 3.8) is 0 Å². The Bertz CT molecular complexity index is 720. The number of piperazine rings is 1. The van der Waals surface area contributed by atoms with Crippen LogP contribution < -0.4 is 0 Å². The Labute approximate surface area is 140 Å². The van der Waals surface area contributed by atoms with Gasteiger partial charge in [-0.05, 0) is 25.1 Å². The average Bonchev–Trinajstić information content (AvgIpc) is 3.11. The summed E-state index contributed by atoms with van der Waals surface area (Å²) in [6, 6.07) is 5.29. The van der Waals surface area contributed by atoms with Gasteiger partial charge in [-0.2, -0.15) is 5.10 Å².